The number of benzene rings is 2. The smallest absolute Gasteiger partial charge is 0.305 e. The van der Waals surface area contributed by atoms with Gasteiger partial charge in [-0.05, 0) is 49.1 Å². The second-order valence-corrected chi connectivity index (χ2v) is 12.2. The van der Waals surface area contributed by atoms with E-state index in [9.17, 15) is 37.2 Å². The zero-order valence-electron chi connectivity index (χ0n) is 22.3. The molecule has 1 fully saturated rings. The molecule has 3 N–H and O–H groups in total. The van der Waals surface area contributed by atoms with Gasteiger partial charge in [-0.15, -0.1) is 0 Å². The summed E-state index contributed by atoms with van der Waals surface area (Å²) in [6.07, 6.45) is 0.474. The number of carbonyl (C=O) groups is 6. The third-order valence-electron chi connectivity index (χ3n) is 7.14. The van der Waals surface area contributed by atoms with E-state index in [1.165, 1.54) is 35.2 Å². The average Bonchev–Trinajstić information content (AvgIpc) is 3.43. The molecule has 2 aliphatic rings. The predicted octanol–water partition coefficient (Wildman–Crippen LogP) is 0.968. The number of nitrogens with one attached hydrogen (secondary N) is 2. The van der Waals surface area contributed by atoms with Crippen LogP contribution in [0.2, 0.25) is 0 Å². The molecule has 13 heteroatoms. The molecule has 2 aromatic carbocycles. The van der Waals surface area contributed by atoms with E-state index >= 15 is 0 Å². The van der Waals surface area contributed by atoms with Crippen molar-refractivity contribution in [3.8, 4) is 0 Å². The van der Waals surface area contributed by atoms with E-state index in [0.717, 1.165) is 6.07 Å². The fraction of sp³-hybridized carbons (Fsp3) is 0.357. The zero-order chi connectivity index (χ0) is 30.1. The standard InChI is InChI=1S/C28H29N3O9S/c1-15(2)24(28(38)31-11-5-7-20(31)27(37)29-17(14-32)13-23(33)34)30-26(36)16-9-10-19-22(12-16)41(39,40)21-8-4-3-6-18(21)25(19)35/h3-4,6,8-10,12,14-15,17,20,24H,5,7,11,13H2,1-2H3,(H,29,37)(H,30,36)(H,33,34). The number of aliphatic carboxylic acids is 1. The van der Waals surface area contributed by atoms with E-state index in [0.29, 0.717) is 12.7 Å². The second-order valence-electron chi connectivity index (χ2n) is 10.3. The molecular weight excluding hydrogens is 554 g/mol. The molecule has 216 valence electrons. The minimum absolute atomic E-state index is 0.0503. The van der Waals surface area contributed by atoms with Crippen LogP contribution in [0.25, 0.3) is 0 Å². The number of carbonyl (C=O) groups excluding carboxylic acids is 5. The summed E-state index contributed by atoms with van der Waals surface area (Å²) in [5.41, 5.74) is -0.0790. The lowest BCUT2D eigenvalue weighted by atomic mass is 9.99. The third-order valence-corrected chi connectivity index (χ3v) is 9.00. The zero-order valence-corrected chi connectivity index (χ0v) is 23.1. The van der Waals surface area contributed by atoms with E-state index in [1.54, 1.807) is 19.9 Å². The molecular formula is C28H29N3O9S. The van der Waals surface area contributed by atoms with E-state index in [4.69, 9.17) is 5.11 Å². The number of carboxylic acids is 1. The number of rotatable bonds is 9. The fourth-order valence-electron chi connectivity index (χ4n) is 5.05. The maximum atomic E-state index is 13.5. The molecule has 2 aromatic rings. The van der Waals surface area contributed by atoms with E-state index in [-0.39, 0.29) is 39.4 Å². The Balaban J connectivity index is 1.55. The fourth-order valence-corrected chi connectivity index (χ4v) is 6.72. The molecule has 3 unspecified atom stereocenters. The summed E-state index contributed by atoms with van der Waals surface area (Å²) in [5.74, 6) is -4.15. The van der Waals surface area contributed by atoms with Crippen molar-refractivity contribution in [2.75, 3.05) is 6.54 Å². The number of ketones is 1. The van der Waals surface area contributed by atoms with Crippen molar-refractivity contribution in [3.63, 3.8) is 0 Å². The quantitative estimate of drug-likeness (QED) is 0.309. The minimum atomic E-state index is -4.08. The summed E-state index contributed by atoms with van der Waals surface area (Å²) in [6, 6.07) is 6.21. The van der Waals surface area contributed by atoms with Crippen LogP contribution in [0.1, 0.15) is 59.4 Å². The van der Waals surface area contributed by atoms with Gasteiger partial charge in [-0.3, -0.25) is 24.0 Å². The number of fused-ring (bicyclic) bond motifs is 2. The molecule has 3 amide bonds. The first-order valence-corrected chi connectivity index (χ1v) is 14.5. The predicted molar refractivity (Wildman–Crippen MR) is 143 cm³/mol. The molecule has 2 heterocycles. The molecule has 4 rings (SSSR count). The van der Waals surface area contributed by atoms with Gasteiger partial charge in [0.15, 0.2) is 5.78 Å². The second kappa shape index (κ2) is 11.6. The molecule has 0 aromatic heterocycles. The Morgan fingerprint density at radius 1 is 1.05 bits per heavy atom. The number of aldehydes is 1. The first kappa shape index (κ1) is 29.6. The van der Waals surface area contributed by atoms with Gasteiger partial charge in [-0.25, -0.2) is 8.42 Å². The number of hydrogen-bond donors (Lipinski definition) is 3. The maximum Gasteiger partial charge on any atom is 0.305 e. The molecule has 0 radical (unpaired) electrons. The monoisotopic (exact) mass is 583 g/mol. The van der Waals surface area contributed by atoms with Crippen molar-refractivity contribution in [1.82, 2.24) is 15.5 Å². The molecule has 3 atom stereocenters. The van der Waals surface area contributed by atoms with Crippen LogP contribution in [-0.4, -0.2) is 78.9 Å². The van der Waals surface area contributed by atoms with E-state index in [2.05, 4.69) is 10.6 Å². The van der Waals surface area contributed by atoms with Gasteiger partial charge in [0.25, 0.3) is 5.91 Å². The van der Waals surface area contributed by atoms with Gasteiger partial charge in [0.05, 0.1) is 22.3 Å². The number of likely N-dealkylation sites (tertiary alicyclic amines) is 1. The molecule has 0 bridgehead atoms. The Labute approximate surface area is 236 Å². The molecule has 12 nitrogen and oxygen atoms in total. The minimum Gasteiger partial charge on any atom is -0.481 e. The van der Waals surface area contributed by atoms with Crippen LogP contribution >= 0.6 is 0 Å². The lowest BCUT2D eigenvalue weighted by molar-refractivity contribution is -0.142. The molecule has 41 heavy (non-hydrogen) atoms. The van der Waals surface area contributed by atoms with Crippen LogP contribution in [0, 0.1) is 5.92 Å². The molecule has 0 saturated carbocycles. The summed E-state index contributed by atoms with van der Waals surface area (Å²) in [5, 5.41) is 13.9. The Hall–Kier alpha value is -4.39. The van der Waals surface area contributed by atoms with Crippen molar-refractivity contribution in [2.45, 2.75) is 61.0 Å². The average molecular weight is 584 g/mol. The van der Waals surface area contributed by atoms with Crippen LogP contribution in [0.4, 0.5) is 0 Å². The van der Waals surface area contributed by atoms with Crippen LogP contribution < -0.4 is 10.6 Å². The molecule has 0 aliphatic carbocycles. The van der Waals surface area contributed by atoms with Crippen molar-refractivity contribution in [1.29, 1.82) is 0 Å². The lowest BCUT2D eigenvalue weighted by Gasteiger charge is -2.31. The largest absolute Gasteiger partial charge is 0.481 e. The van der Waals surface area contributed by atoms with Gasteiger partial charge in [0.1, 0.15) is 18.4 Å². The number of nitrogens with zero attached hydrogens (tertiary/aromatic N) is 1. The van der Waals surface area contributed by atoms with Crippen molar-refractivity contribution < 1.29 is 42.3 Å². The number of amides is 3. The highest BCUT2D eigenvalue weighted by atomic mass is 32.2. The normalized spacial score (nSPS) is 18.6. The van der Waals surface area contributed by atoms with Crippen molar-refractivity contribution in [3.05, 3.63) is 59.2 Å². The Morgan fingerprint density at radius 2 is 1.73 bits per heavy atom. The number of hydrogen-bond acceptors (Lipinski definition) is 8. The summed E-state index contributed by atoms with van der Waals surface area (Å²) in [7, 11) is -4.08. The summed E-state index contributed by atoms with van der Waals surface area (Å²) < 4.78 is 26.5. The highest BCUT2D eigenvalue weighted by Crippen LogP contribution is 2.34. The highest BCUT2D eigenvalue weighted by molar-refractivity contribution is 7.91. The van der Waals surface area contributed by atoms with E-state index < -0.39 is 69.8 Å². The van der Waals surface area contributed by atoms with Crippen molar-refractivity contribution >= 4 is 45.6 Å². The molecule has 2 aliphatic heterocycles. The van der Waals surface area contributed by atoms with Crippen LogP contribution in [0.3, 0.4) is 0 Å². The first-order valence-electron chi connectivity index (χ1n) is 13.0. The molecule has 1 saturated heterocycles. The van der Waals surface area contributed by atoms with E-state index in [1.807, 2.05) is 0 Å². The van der Waals surface area contributed by atoms with Gasteiger partial charge in [-0.1, -0.05) is 26.0 Å². The van der Waals surface area contributed by atoms with Crippen LogP contribution in [0.5, 0.6) is 0 Å². The van der Waals surface area contributed by atoms with Gasteiger partial charge in [0, 0.05) is 23.2 Å². The van der Waals surface area contributed by atoms with Crippen LogP contribution in [-0.2, 0) is 29.0 Å². The van der Waals surface area contributed by atoms with Gasteiger partial charge < -0.3 is 25.4 Å². The Kier molecular flexibility index (Phi) is 8.38. The van der Waals surface area contributed by atoms with Gasteiger partial charge >= 0.3 is 5.97 Å². The number of carboxylic acid groups (broad SMARTS) is 1. The first-order chi connectivity index (χ1) is 19.4. The summed E-state index contributed by atoms with van der Waals surface area (Å²) >= 11 is 0. The Morgan fingerprint density at radius 3 is 2.39 bits per heavy atom. The van der Waals surface area contributed by atoms with Crippen molar-refractivity contribution in [2.24, 2.45) is 5.92 Å². The van der Waals surface area contributed by atoms with Crippen LogP contribution in [0.15, 0.2) is 52.3 Å². The van der Waals surface area contributed by atoms with Gasteiger partial charge in [0.2, 0.25) is 21.7 Å². The maximum absolute atomic E-state index is 13.5. The SMILES string of the molecule is CC(C)C(NC(=O)c1ccc2c(c1)S(=O)(=O)c1ccccc1C2=O)C(=O)N1CCCC1C(=O)NC(C=O)CC(=O)O. The third kappa shape index (κ3) is 5.75. The topological polar surface area (TPSA) is 184 Å². The summed E-state index contributed by atoms with van der Waals surface area (Å²) in [6.45, 7) is 3.59. The van der Waals surface area contributed by atoms with Gasteiger partial charge in [-0.2, -0.15) is 0 Å². The molecule has 0 spiro atoms. The summed E-state index contributed by atoms with van der Waals surface area (Å²) in [4.78, 5) is 75.5. The number of sulfone groups is 1. The lowest BCUT2D eigenvalue weighted by Crippen LogP contribution is -2.56. The Bertz CT molecular complexity index is 1550. The highest BCUT2D eigenvalue weighted by Gasteiger charge is 2.40.